The first kappa shape index (κ1) is 22.3. The molecule has 0 aliphatic heterocycles. The molecule has 2 heterocycles. The Morgan fingerprint density at radius 2 is 1.80 bits per heavy atom. The molecule has 3 rings (SSSR count). The SMILES string of the molecule is COc1ccc(F)cc1C(C)(C)CC(O)(Cc1cc2ccncc2[nH]1)CC(C)(C)C. The summed E-state index contributed by atoms with van der Waals surface area (Å²) in [5.74, 6) is 0.331. The van der Waals surface area contributed by atoms with Crippen molar-refractivity contribution in [3.63, 3.8) is 0 Å². The Morgan fingerprint density at radius 1 is 1.07 bits per heavy atom. The van der Waals surface area contributed by atoms with Crippen molar-refractivity contribution in [1.82, 2.24) is 9.97 Å². The van der Waals surface area contributed by atoms with Crippen molar-refractivity contribution in [1.29, 1.82) is 0 Å². The third kappa shape index (κ3) is 5.20. The largest absolute Gasteiger partial charge is 0.496 e. The second-order valence-corrected chi connectivity index (χ2v) is 10.3. The first-order valence-corrected chi connectivity index (χ1v) is 10.4. The maximum atomic E-state index is 14.1. The van der Waals surface area contributed by atoms with Gasteiger partial charge in [-0.1, -0.05) is 34.6 Å². The van der Waals surface area contributed by atoms with Gasteiger partial charge in [-0.15, -0.1) is 0 Å². The molecule has 162 valence electrons. The maximum Gasteiger partial charge on any atom is 0.123 e. The molecule has 0 radical (unpaired) electrons. The number of benzene rings is 1. The molecule has 1 aromatic carbocycles. The van der Waals surface area contributed by atoms with Gasteiger partial charge in [0.05, 0.1) is 24.4 Å². The number of aliphatic hydroxyl groups is 1. The Kier molecular flexibility index (Phi) is 5.96. The number of fused-ring (bicyclic) bond motifs is 1. The highest BCUT2D eigenvalue weighted by atomic mass is 19.1. The van der Waals surface area contributed by atoms with Crippen molar-refractivity contribution in [2.75, 3.05) is 7.11 Å². The fourth-order valence-corrected chi connectivity index (χ4v) is 4.78. The second-order valence-electron chi connectivity index (χ2n) is 10.3. The van der Waals surface area contributed by atoms with E-state index in [1.54, 1.807) is 25.6 Å². The number of hydrogen-bond donors (Lipinski definition) is 2. The van der Waals surface area contributed by atoms with Crippen LogP contribution in [-0.2, 0) is 11.8 Å². The van der Waals surface area contributed by atoms with Gasteiger partial charge >= 0.3 is 0 Å². The van der Waals surface area contributed by atoms with Gasteiger partial charge in [-0.3, -0.25) is 4.98 Å². The Morgan fingerprint density at radius 3 is 2.43 bits per heavy atom. The Balaban J connectivity index is 1.97. The highest BCUT2D eigenvalue weighted by molar-refractivity contribution is 5.79. The number of hydrogen-bond acceptors (Lipinski definition) is 3. The molecule has 1 atom stereocenters. The van der Waals surface area contributed by atoms with Gasteiger partial charge in [-0.25, -0.2) is 4.39 Å². The van der Waals surface area contributed by atoms with Crippen molar-refractivity contribution in [2.45, 2.75) is 64.9 Å². The van der Waals surface area contributed by atoms with E-state index in [0.717, 1.165) is 22.2 Å². The summed E-state index contributed by atoms with van der Waals surface area (Å²) in [5, 5.41) is 13.0. The zero-order chi connectivity index (χ0) is 22.2. The zero-order valence-electron chi connectivity index (χ0n) is 18.8. The van der Waals surface area contributed by atoms with E-state index < -0.39 is 11.0 Å². The Bertz CT molecular complexity index is 986. The average Bonchev–Trinajstić information content (AvgIpc) is 3.00. The monoisotopic (exact) mass is 412 g/mol. The van der Waals surface area contributed by atoms with Gasteiger partial charge in [-0.05, 0) is 54.0 Å². The quantitative estimate of drug-likeness (QED) is 0.516. The van der Waals surface area contributed by atoms with E-state index in [2.05, 4.69) is 36.8 Å². The van der Waals surface area contributed by atoms with Crippen molar-refractivity contribution < 1.29 is 14.2 Å². The Labute approximate surface area is 178 Å². The van der Waals surface area contributed by atoms with E-state index in [9.17, 15) is 9.50 Å². The van der Waals surface area contributed by atoms with Crippen LogP contribution in [0.4, 0.5) is 4.39 Å². The van der Waals surface area contributed by atoms with E-state index in [-0.39, 0.29) is 11.2 Å². The normalized spacial score (nSPS) is 14.7. The number of pyridine rings is 1. The predicted molar refractivity (Wildman–Crippen MR) is 119 cm³/mol. The lowest BCUT2D eigenvalue weighted by molar-refractivity contribution is -0.0218. The van der Waals surface area contributed by atoms with Crippen LogP contribution in [0.15, 0.2) is 42.7 Å². The highest BCUT2D eigenvalue weighted by Gasteiger charge is 2.40. The molecular formula is C25H33FN2O2. The van der Waals surface area contributed by atoms with Crippen molar-refractivity contribution in [3.8, 4) is 5.75 Å². The lowest BCUT2D eigenvalue weighted by Gasteiger charge is -2.40. The molecule has 0 spiro atoms. The van der Waals surface area contributed by atoms with Crippen LogP contribution in [0.3, 0.4) is 0 Å². The number of methoxy groups -OCH3 is 1. The molecule has 0 bridgehead atoms. The van der Waals surface area contributed by atoms with Gasteiger partial charge in [0.2, 0.25) is 0 Å². The van der Waals surface area contributed by atoms with Crippen LogP contribution >= 0.6 is 0 Å². The van der Waals surface area contributed by atoms with Gasteiger partial charge in [-0.2, -0.15) is 0 Å². The van der Waals surface area contributed by atoms with Gasteiger partial charge < -0.3 is 14.8 Å². The number of ether oxygens (including phenoxy) is 1. The van der Waals surface area contributed by atoms with Crippen molar-refractivity contribution in [3.05, 3.63) is 59.8 Å². The number of aromatic nitrogens is 2. The third-order valence-corrected chi connectivity index (χ3v) is 5.52. The van der Waals surface area contributed by atoms with Crippen molar-refractivity contribution in [2.24, 2.45) is 5.41 Å². The number of H-pyrrole nitrogens is 1. The molecule has 1 unspecified atom stereocenters. The van der Waals surface area contributed by atoms with Crippen LogP contribution in [0.1, 0.15) is 58.7 Å². The summed E-state index contributed by atoms with van der Waals surface area (Å²) in [4.78, 5) is 7.55. The summed E-state index contributed by atoms with van der Waals surface area (Å²) in [6.07, 6.45) is 5.10. The summed E-state index contributed by atoms with van der Waals surface area (Å²) in [6.45, 7) is 10.5. The van der Waals surface area contributed by atoms with Crippen LogP contribution in [0.2, 0.25) is 0 Å². The smallest absolute Gasteiger partial charge is 0.123 e. The molecule has 2 N–H and O–H groups in total. The minimum absolute atomic E-state index is 0.0789. The molecule has 0 fully saturated rings. The molecule has 0 aliphatic carbocycles. The minimum Gasteiger partial charge on any atom is -0.496 e. The average molecular weight is 413 g/mol. The molecule has 30 heavy (non-hydrogen) atoms. The number of rotatable bonds is 7. The summed E-state index contributed by atoms with van der Waals surface area (Å²) in [7, 11) is 1.59. The van der Waals surface area contributed by atoms with Crippen LogP contribution in [-0.4, -0.2) is 27.8 Å². The fourth-order valence-electron chi connectivity index (χ4n) is 4.78. The first-order chi connectivity index (χ1) is 13.9. The van der Waals surface area contributed by atoms with Crippen LogP contribution in [0.25, 0.3) is 10.9 Å². The lowest BCUT2D eigenvalue weighted by Crippen LogP contribution is -2.42. The van der Waals surface area contributed by atoms with Gasteiger partial charge in [0, 0.05) is 29.3 Å². The lowest BCUT2D eigenvalue weighted by atomic mass is 9.69. The second kappa shape index (κ2) is 8.03. The Hall–Kier alpha value is -2.40. The molecule has 0 saturated heterocycles. The molecule has 2 aromatic heterocycles. The molecule has 0 saturated carbocycles. The van der Waals surface area contributed by atoms with Crippen LogP contribution in [0, 0.1) is 11.2 Å². The van der Waals surface area contributed by atoms with E-state index in [4.69, 9.17) is 4.74 Å². The predicted octanol–water partition coefficient (Wildman–Crippen LogP) is 5.79. The van der Waals surface area contributed by atoms with Crippen molar-refractivity contribution >= 4 is 10.9 Å². The maximum absolute atomic E-state index is 14.1. The highest BCUT2D eigenvalue weighted by Crippen LogP contribution is 2.43. The number of nitrogens with one attached hydrogen (secondary N) is 1. The van der Waals surface area contributed by atoms with E-state index in [1.807, 2.05) is 19.9 Å². The summed E-state index contributed by atoms with van der Waals surface area (Å²) in [6, 6.07) is 8.60. The summed E-state index contributed by atoms with van der Waals surface area (Å²) >= 11 is 0. The summed E-state index contributed by atoms with van der Waals surface area (Å²) in [5.41, 5.74) is 1.11. The van der Waals surface area contributed by atoms with Gasteiger partial charge in [0.15, 0.2) is 0 Å². The zero-order valence-corrected chi connectivity index (χ0v) is 18.8. The molecule has 5 heteroatoms. The van der Waals surface area contributed by atoms with Crippen LogP contribution < -0.4 is 4.74 Å². The standard InChI is InChI=1S/C25H33FN2O2/c1-23(2,3)15-25(29,13-19-11-17-9-10-27-14-21(17)28-19)16-24(4,5)20-12-18(26)7-8-22(20)30-6/h7-12,14,28-29H,13,15-16H2,1-6H3. The van der Waals surface area contributed by atoms with E-state index in [0.29, 0.717) is 25.0 Å². The van der Waals surface area contributed by atoms with Crippen LogP contribution in [0.5, 0.6) is 5.75 Å². The summed E-state index contributed by atoms with van der Waals surface area (Å²) < 4.78 is 19.6. The topological polar surface area (TPSA) is 58.1 Å². The molecule has 3 aromatic rings. The number of halogens is 1. The van der Waals surface area contributed by atoms with E-state index in [1.165, 1.54) is 12.1 Å². The van der Waals surface area contributed by atoms with Gasteiger partial charge in [0.1, 0.15) is 11.6 Å². The first-order valence-electron chi connectivity index (χ1n) is 10.4. The molecule has 4 nitrogen and oxygen atoms in total. The third-order valence-electron chi connectivity index (χ3n) is 5.52. The molecule has 0 aliphatic rings. The molecular weight excluding hydrogens is 379 g/mol. The fraction of sp³-hybridized carbons (Fsp3) is 0.480. The van der Waals surface area contributed by atoms with Gasteiger partial charge in [0.25, 0.3) is 0 Å². The number of nitrogens with zero attached hydrogens (tertiary/aromatic N) is 1. The van der Waals surface area contributed by atoms with E-state index >= 15 is 0 Å². The number of aromatic amines is 1. The minimum atomic E-state index is -0.993. The molecule has 0 amide bonds.